The van der Waals surface area contributed by atoms with Gasteiger partial charge in [-0.05, 0) is 35.9 Å². The van der Waals surface area contributed by atoms with Gasteiger partial charge in [0.25, 0.3) is 5.91 Å². The lowest BCUT2D eigenvalue weighted by Crippen LogP contribution is -2.31. The molecule has 1 aliphatic heterocycles. The molecule has 7 heteroatoms. The van der Waals surface area contributed by atoms with Gasteiger partial charge < -0.3 is 14.6 Å². The van der Waals surface area contributed by atoms with Gasteiger partial charge in [-0.1, -0.05) is 28.1 Å². The standard InChI is InChI=1S/C18H14BrNO5/c1-24-13-7-6-10(8-14(13)25-2)15-16(21)18(23)20(17(15)22)12-5-3-4-11(19)9-12/h3-9,21H,1-2H3. The highest BCUT2D eigenvalue weighted by molar-refractivity contribution is 9.10. The molecule has 2 amide bonds. The van der Waals surface area contributed by atoms with Gasteiger partial charge >= 0.3 is 5.91 Å². The second-order valence-corrected chi connectivity index (χ2v) is 6.13. The molecule has 0 atom stereocenters. The van der Waals surface area contributed by atoms with Gasteiger partial charge in [-0.3, -0.25) is 9.59 Å². The molecule has 2 aromatic rings. The van der Waals surface area contributed by atoms with Gasteiger partial charge in [-0.25, -0.2) is 4.90 Å². The van der Waals surface area contributed by atoms with E-state index in [-0.39, 0.29) is 5.57 Å². The van der Waals surface area contributed by atoms with E-state index in [4.69, 9.17) is 9.47 Å². The first-order valence-corrected chi connectivity index (χ1v) is 8.07. The minimum Gasteiger partial charge on any atom is -0.502 e. The van der Waals surface area contributed by atoms with Crippen LogP contribution in [0, 0.1) is 0 Å². The van der Waals surface area contributed by atoms with E-state index < -0.39 is 17.6 Å². The number of carbonyl (C=O) groups excluding carboxylic acids is 2. The molecule has 0 saturated heterocycles. The van der Waals surface area contributed by atoms with E-state index in [2.05, 4.69) is 15.9 Å². The van der Waals surface area contributed by atoms with E-state index in [1.807, 2.05) is 0 Å². The summed E-state index contributed by atoms with van der Waals surface area (Å²) in [6.07, 6.45) is 0. The number of carbonyl (C=O) groups is 2. The summed E-state index contributed by atoms with van der Waals surface area (Å²) in [4.78, 5) is 26.1. The molecular weight excluding hydrogens is 390 g/mol. The smallest absolute Gasteiger partial charge is 0.301 e. The second kappa shape index (κ2) is 6.60. The largest absolute Gasteiger partial charge is 0.502 e. The van der Waals surface area contributed by atoms with E-state index in [0.717, 1.165) is 4.90 Å². The average Bonchev–Trinajstić information content (AvgIpc) is 2.83. The molecular formula is C18H14BrNO5. The molecule has 0 spiro atoms. The quantitative estimate of drug-likeness (QED) is 0.792. The van der Waals surface area contributed by atoms with Crippen molar-refractivity contribution in [2.45, 2.75) is 0 Å². The molecule has 2 aromatic carbocycles. The number of rotatable bonds is 4. The van der Waals surface area contributed by atoms with Crippen LogP contribution in [0.25, 0.3) is 5.57 Å². The van der Waals surface area contributed by atoms with Crippen molar-refractivity contribution < 1.29 is 24.2 Å². The first kappa shape index (κ1) is 17.0. The van der Waals surface area contributed by atoms with Crippen LogP contribution in [0.3, 0.4) is 0 Å². The van der Waals surface area contributed by atoms with Crippen molar-refractivity contribution in [2.75, 3.05) is 19.1 Å². The Balaban J connectivity index is 2.06. The van der Waals surface area contributed by atoms with Crippen molar-refractivity contribution in [3.63, 3.8) is 0 Å². The molecule has 3 rings (SSSR count). The summed E-state index contributed by atoms with van der Waals surface area (Å²) in [6.45, 7) is 0. The number of imide groups is 1. The molecule has 0 aromatic heterocycles. The number of hydrogen-bond acceptors (Lipinski definition) is 5. The van der Waals surface area contributed by atoms with E-state index in [0.29, 0.717) is 27.2 Å². The van der Waals surface area contributed by atoms with Gasteiger partial charge in [0.2, 0.25) is 0 Å². The lowest BCUT2D eigenvalue weighted by molar-refractivity contribution is -0.121. The number of nitrogens with zero attached hydrogens (tertiary/aromatic N) is 1. The molecule has 1 heterocycles. The zero-order valence-electron chi connectivity index (χ0n) is 13.4. The van der Waals surface area contributed by atoms with Crippen LogP contribution in [-0.4, -0.2) is 31.1 Å². The summed E-state index contributed by atoms with van der Waals surface area (Å²) >= 11 is 3.30. The zero-order valence-corrected chi connectivity index (χ0v) is 15.0. The minimum atomic E-state index is -0.770. The highest BCUT2D eigenvalue weighted by Gasteiger charge is 2.40. The molecule has 0 radical (unpaired) electrons. The maximum Gasteiger partial charge on any atom is 0.301 e. The zero-order chi connectivity index (χ0) is 18.1. The number of methoxy groups -OCH3 is 2. The number of hydrogen-bond donors (Lipinski definition) is 1. The summed E-state index contributed by atoms with van der Waals surface area (Å²) in [5, 5.41) is 10.3. The highest BCUT2D eigenvalue weighted by Crippen LogP contribution is 2.36. The normalized spacial score (nSPS) is 14.3. The Kier molecular flexibility index (Phi) is 4.50. The molecule has 0 bridgehead atoms. The van der Waals surface area contributed by atoms with Crippen molar-refractivity contribution in [2.24, 2.45) is 0 Å². The summed E-state index contributed by atoms with van der Waals surface area (Å²) < 4.78 is 11.1. The lowest BCUT2D eigenvalue weighted by atomic mass is 10.0. The monoisotopic (exact) mass is 403 g/mol. The van der Waals surface area contributed by atoms with E-state index >= 15 is 0 Å². The molecule has 6 nitrogen and oxygen atoms in total. The summed E-state index contributed by atoms with van der Waals surface area (Å²) in [5.74, 6) is -1.11. The fourth-order valence-corrected chi connectivity index (χ4v) is 3.01. The average molecular weight is 404 g/mol. The Bertz CT molecular complexity index is 906. The first-order valence-electron chi connectivity index (χ1n) is 7.28. The number of anilines is 1. The summed E-state index contributed by atoms with van der Waals surface area (Å²) in [7, 11) is 2.96. The highest BCUT2D eigenvalue weighted by atomic mass is 79.9. The van der Waals surface area contributed by atoms with E-state index in [9.17, 15) is 14.7 Å². The lowest BCUT2D eigenvalue weighted by Gasteiger charge is -2.15. The second-order valence-electron chi connectivity index (χ2n) is 5.22. The van der Waals surface area contributed by atoms with Crippen molar-refractivity contribution >= 4 is 39.0 Å². The van der Waals surface area contributed by atoms with Crippen LogP contribution < -0.4 is 14.4 Å². The number of aliphatic hydroxyl groups excluding tert-OH is 1. The number of benzene rings is 2. The number of amides is 2. The van der Waals surface area contributed by atoms with Crippen molar-refractivity contribution in [3.05, 3.63) is 58.3 Å². The maximum absolute atomic E-state index is 12.8. The Morgan fingerprint density at radius 3 is 2.32 bits per heavy atom. The first-order chi connectivity index (χ1) is 12.0. The van der Waals surface area contributed by atoms with Crippen molar-refractivity contribution in [1.82, 2.24) is 0 Å². The molecule has 1 N–H and O–H groups in total. The fraction of sp³-hybridized carbons (Fsp3) is 0.111. The summed E-state index contributed by atoms with van der Waals surface area (Å²) in [6, 6.07) is 11.4. The SMILES string of the molecule is COc1ccc(C2=C(O)C(=O)N(c3cccc(Br)c3)C2=O)cc1OC. The Hall–Kier alpha value is -2.80. The van der Waals surface area contributed by atoms with Gasteiger partial charge in [0.15, 0.2) is 17.3 Å². The maximum atomic E-state index is 12.8. The third kappa shape index (κ3) is 2.87. The molecule has 0 aliphatic carbocycles. The third-order valence-corrected chi connectivity index (χ3v) is 4.29. The van der Waals surface area contributed by atoms with Gasteiger partial charge in [-0.15, -0.1) is 0 Å². The predicted octanol–water partition coefficient (Wildman–Crippen LogP) is 3.31. The molecule has 0 saturated carbocycles. The molecule has 25 heavy (non-hydrogen) atoms. The Labute approximate surface area is 152 Å². The Morgan fingerprint density at radius 1 is 0.960 bits per heavy atom. The van der Waals surface area contributed by atoms with Gasteiger partial charge in [0.05, 0.1) is 25.5 Å². The van der Waals surface area contributed by atoms with Gasteiger partial charge in [0, 0.05) is 4.47 Å². The minimum absolute atomic E-state index is 0.0778. The molecule has 0 unspecified atom stereocenters. The van der Waals surface area contributed by atoms with Crippen LogP contribution in [0.1, 0.15) is 5.56 Å². The molecule has 0 fully saturated rings. The summed E-state index contributed by atoms with van der Waals surface area (Å²) in [5.41, 5.74) is 0.656. The van der Waals surface area contributed by atoms with E-state index in [1.54, 1.807) is 42.5 Å². The number of halogens is 1. The van der Waals surface area contributed by atoms with Crippen LogP contribution in [0.4, 0.5) is 5.69 Å². The van der Waals surface area contributed by atoms with Crippen LogP contribution in [0.15, 0.2) is 52.7 Å². The predicted molar refractivity (Wildman–Crippen MR) is 95.7 cm³/mol. The van der Waals surface area contributed by atoms with Crippen LogP contribution in [0.2, 0.25) is 0 Å². The van der Waals surface area contributed by atoms with Crippen molar-refractivity contribution in [3.8, 4) is 11.5 Å². The van der Waals surface area contributed by atoms with Crippen LogP contribution in [-0.2, 0) is 9.59 Å². The van der Waals surface area contributed by atoms with Crippen molar-refractivity contribution in [1.29, 1.82) is 0 Å². The van der Waals surface area contributed by atoms with E-state index in [1.165, 1.54) is 14.2 Å². The fourth-order valence-electron chi connectivity index (χ4n) is 2.62. The third-order valence-electron chi connectivity index (χ3n) is 3.80. The number of aliphatic hydroxyl groups is 1. The van der Waals surface area contributed by atoms with Crippen LogP contribution in [0.5, 0.6) is 11.5 Å². The van der Waals surface area contributed by atoms with Gasteiger partial charge in [-0.2, -0.15) is 0 Å². The molecule has 1 aliphatic rings. The topological polar surface area (TPSA) is 76.1 Å². The van der Waals surface area contributed by atoms with Crippen LogP contribution >= 0.6 is 15.9 Å². The number of ether oxygens (including phenoxy) is 2. The van der Waals surface area contributed by atoms with Gasteiger partial charge in [0.1, 0.15) is 0 Å². The molecule has 128 valence electrons. The Morgan fingerprint density at radius 2 is 1.68 bits per heavy atom.